The number of rotatable bonds is 0. The molecule has 0 N–H and O–H groups in total. The van der Waals surface area contributed by atoms with Crippen molar-refractivity contribution in [2.24, 2.45) is 0 Å². The van der Waals surface area contributed by atoms with Crippen LogP contribution >= 0.6 is 0 Å². The molecule has 0 aliphatic carbocycles. The molecule has 0 saturated heterocycles. The molecule has 3 heterocycles. The topological polar surface area (TPSA) is 38.7 Å². The fraction of sp³-hybridized carbons (Fsp3) is 0.167. The second kappa shape index (κ2) is 13.0. The standard InChI is InChI=1S/3C6H2F5N.Ir/c3*7-3-1-2-12-5(4(3)8)6(9,10)11;/h3*1-2H;. The zero-order valence-corrected chi connectivity index (χ0v) is 19.2. The molecular formula is C18H6F15IrN3. The normalized spacial score (nSPS) is 11.4. The number of halogens is 15. The van der Waals surface area contributed by atoms with E-state index in [4.69, 9.17) is 0 Å². The fourth-order valence-electron chi connectivity index (χ4n) is 1.85. The Morgan fingerprint density at radius 2 is 0.595 bits per heavy atom. The smallest absolute Gasteiger partial charge is 0.249 e. The number of pyridine rings is 3. The molecule has 3 aromatic heterocycles. The Morgan fingerprint density at radius 3 is 0.730 bits per heavy atom. The molecule has 0 amide bonds. The molecule has 3 rings (SSSR count). The van der Waals surface area contributed by atoms with Crippen molar-refractivity contribution in [1.82, 2.24) is 15.0 Å². The van der Waals surface area contributed by atoms with E-state index in [1.165, 1.54) is 0 Å². The molecule has 1 radical (unpaired) electrons. The van der Waals surface area contributed by atoms with Crippen molar-refractivity contribution in [2.45, 2.75) is 18.5 Å². The molecule has 3 nitrogen and oxygen atoms in total. The van der Waals surface area contributed by atoms with Gasteiger partial charge in [0.1, 0.15) is 0 Å². The summed E-state index contributed by atoms with van der Waals surface area (Å²) in [5, 5.41) is 0. The third-order valence-corrected chi connectivity index (χ3v) is 3.33. The van der Waals surface area contributed by atoms with E-state index < -0.39 is 70.5 Å². The molecule has 207 valence electrons. The largest absolute Gasteiger partial charge is 0.436 e. The number of nitrogens with zero attached hydrogens (tertiary/aromatic N) is 3. The number of aromatic nitrogens is 3. The maximum absolute atomic E-state index is 12.3. The summed E-state index contributed by atoms with van der Waals surface area (Å²) in [4.78, 5) is 8.01. The van der Waals surface area contributed by atoms with Crippen LogP contribution in [0.5, 0.6) is 0 Å². The van der Waals surface area contributed by atoms with Crippen molar-refractivity contribution in [3.63, 3.8) is 0 Å². The van der Waals surface area contributed by atoms with Crippen LogP contribution < -0.4 is 0 Å². The van der Waals surface area contributed by atoms with Gasteiger partial charge in [-0.2, -0.15) is 39.5 Å². The van der Waals surface area contributed by atoms with Crippen molar-refractivity contribution >= 4 is 0 Å². The van der Waals surface area contributed by atoms with Gasteiger partial charge in [-0.05, 0) is 18.2 Å². The van der Waals surface area contributed by atoms with E-state index in [0.717, 1.165) is 0 Å². The maximum atomic E-state index is 12.3. The van der Waals surface area contributed by atoms with Crippen LogP contribution in [0.15, 0.2) is 36.8 Å². The van der Waals surface area contributed by atoms with Crippen molar-refractivity contribution in [3.8, 4) is 0 Å². The summed E-state index contributed by atoms with van der Waals surface area (Å²) in [6.45, 7) is 0. The SMILES string of the molecule is Fc1ccnc(C(F)(F)F)c1F.Fc1ccnc(C(F)(F)F)c1F.Fc1ccnc(C(F)(F)F)c1F.[Ir]. The minimum absolute atomic E-state index is 0. The summed E-state index contributed by atoms with van der Waals surface area (Å²) >= 11 is 0. The van der Waals surface area contributed by atoms with Crippen LogP contribution in [0.2, 0.25) is 0 Å². The zero-order valence-electron chi connectivity index (χ0n) is 16.8. The van der Waals surface area contributed by atoms with E-state index in [1.54, 1.807) is 0 Å². The summed E-state index contributed by atoms with van der Waals surface area (Å²) in [6.07, 6.45) is -13.2. The van der Waals surface area contributed by atoms with Gasteiger partial charge in [0, 0.05) is 38.7 Å². The van der Waals surface area contributed by atoms with Gasteiger partial charge in [0.2, 0.25) is 0 Å². The molecular weight excluding hydrogens is 735 g/mol. The Balaban J connectivity index is 0.000000518. The monoisotopic (exact) mass is 742 g/mol. The van der Waals surface area contributed by atoms with Crippen LogP contribution in [-0.2, 0) is 38.6 Å². The number of alkyl halides is 9. The summed E-state index contributed by atoms with van der Waals surface area (Å²) in [5.74, 6) is -10.6. The van der Waals surface area contributed by atoms with Gasteiger partial charge in [0.15, 0.2) is 52.0 Å². The van der Waals surface area contributed by atoms with Crippen LogP contribution in [0.3, 0.4) is 0 Å². The third-order valence-electron chi connectivity index (χ3n) is 3.33. The Kier molecular flexibility index (Phi) is 12.0. The van der Waals surface area contributed by atoms with Crippen molar-refractivity contribution in [1.29, 1.82) is 0 Å². The predicted molar refractivity (Wildman–Crippen MR) is 87.5 cm³/mol. The molecule has 0 saturated carbocycles. The van der Waals surface area contributed by atoms with E-state index in [9.17, 15) is 65.9 Å². The molecule has 0 fully saturated rings. The molecule has 0 spiro atoms. The zero-order chi connectivity index (χ0) is 28.1. The van der Waals surface area contributed by atoms with Gasteiger partial charge in [-0.25, -0.2) is 41.3 Å². The fourth-order valence-corrected chi connectivity index (χ4v) is 1.85. The molecule has 19 heteroatoms. The van der Waals surface area contributed by atoms with Gasteiger partial charge in [-0.3, -0.25) is 0 Å². The van der Waals surface area contributed by atoms with Gasteiger partial charge < -0.3 is 0 Å². The second-order valence-corrected chi connectivity index (χ2v) is 5.86. The second-order valence-electron chi connectivity index (χ2n) is 5.86. The first-order valence-corrected chi connectivity index (χ1v) is 8.40. The average molecular weight is 741 g/mol. The first-order chi connectivity index (χ1) is 16.3. The molecule has 37 heavy (non-hydrogen) atoms. The Hall–Kier alpha value is -2.95. The molecule has 0 aromatic carbocycles. The van der Waals surface area contributed by atoms with Crippen LogP contribution in [-0.4, -0.2) is 15.0 Å². The van der Waals surface area contributed by atoms with E-state index >= 15 is 0 Å². The van der Waals surface area contributed by atoms with Crippen LogP contribution in [0, 0.1) is 34.9 Å². The van der Waals surface area contributed by atoms with Gasteiger partial charge in [-0.1, -0.05) is 0 Å². The molecule has 0 atom stereocenters. The minimum Gasteiger partial charge on any atom is -0.249 e. The molecule has 0 aliphatic heterocycles. The Morgan fingerprint density at radius 1 is 0.405 bits per heavy atom. The van der Waals surface area contributed by atoms with Crippen molar-refractivity contribution in [2.75, 3.05) is 0 Å². The van der Waals surface area contributed by atoms with Gasteiger partial charge >= 0.3 is 18.5 Å². The van der Waals surface area contributed by atoms with Crippen LogP contribution in [0.25, 0.3) is 0 Å². The molecule has 0 bridgehead atoms. The van der Waals surface area contributed by atoms with Gasteiger partial charge in [-0.15, -0.1) is 0 Å². The molecule has 3 aromatic rings. The number of hydrogen-bond donors (Lipinski definition) is 0. The first-order valence-electron chi connectivity index (χ1n) is 8.40. The Labute approximate surface area is 208 Å². The van der Waals surface area contributed by atoms with Crippen molar-refractivity contribution < 1.29 is 86.0 Å². The van der Waals surface area contributed by atoms with E-state index in [-0.39, 0.29) is 20.1 Å². The summed E-state index contributed by atoms with van der Waals surface area (Å²) in [5.41, 5.74) is -5.49. The third kappa shape index (κ3) is 9.79. The quantitative estimate of drug-likeness (QED) is 0.230. The summed E-state index contributed by atoms with van der Waals surface area (Å²) in [7, 11) is 0. The van der Waals surface area contributed by atoms with Gasteiger partial charge in [0.05, 0.1) is 0 Å². The van der Waals surface area contributed by atoms with Crippen molar-refractivity contribution in [3.05, 3.63) is 88.8 Å². The first kappa shape index (κ1) is 34.0. The average Bonchev–Trinajstić information content (AvgIpc) is 2.72. The maximum Gasteiger partial charge on any atom is 0.436 e. The summed E-state index contributed by atoms with van der Waals surface area (Å²) < 4.78 is 179. The van der Waals surface area contributed by atoms with E-state index in [0.29, 0.717) is 36.8 Å². The molecule has 0 unspecified atom stereocenters. The van der Waals surface area contributed by atoms with E-state index in [1.807, 2.05) is 0 Å². The number of hydrogen-bond acceptors (Lipinski definition) is 3. The minimum atomic E-state index is -4.95. The summed E-state index contributed by atoms with van der Waals surface area (Å²) in [6, 6.07) is 1.56. The van der Waals surface area contributed by atoms with E-state index in [2.05, 4.69) is 15.0 Å². The van der Waals surface area contributed by atoms with Crippen LogP contribution in [0.1, 0.15) is 17.1 Å². The predicted octanol–water partition coefficient (Wildman–Crippen LogP) is 7.13. The Bertz CT molecular complexity index is 1030. The van der Waals surface area contributed by atoms with Crippen LogP contribution in [0.4, 0.5) is 65.9 Å². The molecule has 0 aliphatic rings. The van der Waals surface area contributed by atoms with Gasteiger partial charge in [0.25, 0.3) is 0 Å².